The highest BCUT2D eigenvalue weighted by molar-refractivity contribution is 7.85. The molecule has 1 N–H and O–H groups in total. The van der Waals surface area contributed by atoms with Crippen LogP contribution in [0.1, 0.15) is 34.1 Å². The Balaban J connectivity index is 2.87. The summed E-state index contributed by atoms with van der Waals surface area (Å²) in [7, 11) is -4.06. The van der Waals surface area contributed by atoms with Crippen molar-refractivity contribution >= 4 is 16.0 Å². The maximum Gasteiger partial charge on any atom is 0.267 e. The zero-order chi connectivity index (χ0) is 12.1. The van der Waals surface area contributed by atoms with Gasteiger partial charge >= 0.3 is 0 Å². The lowest BCUT2D eigenvalue weighted by atomic mass is 10.1. The van der Waals surface area contributed by atoms with Gasteiger partial charge in [0.1, 0.15) is 5.54 Å². The molecule has 88 valence electrons. The van der Waals surface area contributed by atoms with Crippen molar-refractivity contribution in [1.82, 2.24) is 4.90 Å². The van der Waals surface area contributed by atoms with E-state index in [9.17, 15) is 13.2 Å². The lowest BCUT2D eigenvalue weighted by Crippen LogP contribution is -2.41. The van der Waals surface area contributed by atoms with Gasteiger partial charge in [-0.05, 0) is 27.2 Å². The third-order valence-corrected chi connectivity index (χ3v) is 4.01. The van der Waals surface area contributed by atoms with Crippen molar-refractivity contribution in [3.8, 4) is 0 Å². The molecule has 0 radical (unpaired) electrons. The van der Waals surface area contributed by atoms with Crippen molar-refractivity contribution in [3.05, 3.63) is 0 Å². The smallest absolute Gasteiger partial charge is 0.267 e. The Kier molecular flexibility index (Phi) is 2.64. The number of amides is 1. The van der Waals surface area contributed by atoms with Gasteiger partial charge in [-0.3, -0.25) is 9.35 Å². The molecule has 0 saturated carbocycles. The number of rotatable bonds is 4. The fraction of sp³-hybridized carbons (Fsp3) is 0.889. The Morgan fingerprint density at radius 3 is 2.20 bits per heavy atom. The minimum atomic E-state index is -4.06. The highest BCUT2D eigenvalue weighted by atomic mass is 32.2. The van der Waals surface area contributed by atoms with Crippen molar-refractivity contribution < 1.29 is 17.8 Å². The first kappa shape index (κ1) is 12.4. The molecule has 1 atom stereocenters. The molecule has 1 aliphatic rings. The van der Waals surface area contributed by atoms with Gasteiger partial charge in [-0.25, -0.2) is 0 Å². The van der Waals surface area contributed by atoms with Crippen molar-refractivity contribution in [3.63, 3.8) is 0 Å². The van der Waals surface area contributed by atoms with Gasteiger partial charge in [0.15, 0.2) is 0 Å². The summed E-state index contributed by atoms with van der Waals surface area (Å²) >= 11 is 0. The lowest BCUT2D eigenvalue weighted by molar-refractivity contribution is -0.115. The maximum atomic E-state index is 11.6. The van der Waals surface area contributed by atoms with E-state index in [-0.39, 0.29) is 5.91 Å². The second kappa shape index (κ2) is 3.18. The monoisotopic (exact) mass is 235 g/mol. The van der Waals surface area contributed by atoms with Gasteiger partial charge in [0.05, 0.1) is 11.3 Å². The van der Waals surface area contributed by atoms with Gasteiger partial charge < -0.3 is 4.90 Å². The Bertz CT molecular complexity index is 387. The van der Waals surface area contributed by atoms with Gasteiger partial charge in [-0.1, -0.05) is 6.92 Å². The van der Waals surface area contributed by atoms with Crippen LogP contribution in [0.15, 0.2) is 0 Å². The second-order valence-electron chi connectivity index (χ2n) is 4.81. The number of hydrogen-bond acceptors (Lipinski definition) is 3. The Labute approximate surface area is 90.2 Å². The second-order valence-corrected chi connectivity index (χ2v) is 6.26. The third kappa shape index (κ3) is 2.15. The summed E-state index contributed by atoms with van der Waals surface area (Å²) in [6.45, 7) is 6.93. The highest BCUT2D eigenvalue weighted by Gasteiger charge is 2.63. The minimum absolute atomic E-state index is 0.0568. The fourth-order valence-corrected chi connectivity index (χ4v) is 3.12. The Hall–Kier alpha value is -0.620. The van der Waals surface area contributed by atoms with Crippen LogP contribution < -0.4 is 0 Å². The van der Waals surface area contributed by atoms with E-state index in [4.69, 9.17) is 4.55 Å². The average molecular weight is 235 g/mol. The summed E-state index contributed by atoms with van der Waals surface area (Å²) in [6, 6.07) is 0. The first-order valence-electron chi connectivity index (χ1n) is 4.84. The van der Waals surface area contributed by atoms with Crippen LogP contribution in [0.25, 0.3) is 0 Å². The standard InChI is InChI=1S/C9H17NO4S/c1-5-9(4)7(11)10(9)8(2,3)6-15(12,13)14/h5-6H2,1-4H3,(H,12,13,14). The molecule has 0 aromatic heterocycles. The minimum Gasteiger partial charge on any atom is -0.320 e. The van der Waals surface area contributed by atoms with Crippen LogP contribution in [0, 0.1) is 0 Å². The average Bonchev–Trinajstić information content (AvgIpc) is 2.51. The molecule has 1 heterocycles. The number of carbonyl (C=O) groups excluding carboxylic acids is 1. The molecule has 1 rings (SSSR count). The molecule has 0 aromatic carbocycles. The van der Waals surface area contributed by atoms with Gasteiger partial charge in [-0.15, -0.1) is 0 Å². The van der Waals surface area contributed by atoms with Crippen LogP contribution in [0.3, 0.4) is 0 Å². The third-order valence-electron chi connectivity index (χ3n) is 2.94. The molecular formula is C9H17NO4S. The van der Waals surface area contributed by atoms with Gasteiger partial charge in [0.25, 0.3) is 10.1 Å². The largest absolute Gasteiger partial charge is 0.320 e. The molecule has 0 aromatic rings. The van der Waals surface area contributed by atoms with Gasteiger partial charge in [0, 0.05) is 0 Å². The molecule has 1 fully saturated rings. The van der Waals surface area contributed by atoms with Crippen LogP contribution in [0.4, 0.5) is 0 Å². The highest BCUT2D eigenvalue weighted by Crippen LogP contribution is 2.43. The molecule has 15 heavy (non-hydrogen) atoms. The molecule has 1 saturated heterocycles. The molecular weight excluding hydrogens is 218 g/mol. The van der Waals surface area contributed by atoms with Crippen LogP contribution in [-0.2, 0) is 14.9 Å². The topological polar surface area (TPSA) is 74.5 Å². The van der Waals surface area contributed by atoms with E-state index in [1.54, 1.807) is 20.8 Å². The molecule has 0 bridgehead atoms. The van der Waals surface area contributed by atoms with E-state index in [1.165, 1.54) is 4.90 Å². The summed E-state index contributed by atoms with van der Waals surface area (Å²) < 4.78 is 30.4. The molecule has 0 aliphatic carbocycles. The number of hydrogen-bond donors (Lipinski definition) is 1. The van der Waals surface area contributed by atoms with E-state index in [1.807, 2.05) is 6.92 Å². The Morgan fingerprint density at radius 2 is 1.93 bits per heavy atom. The zero-order valence-corrected chi connectivity index (χ0v) is 10.3. The van der Waals surface area contributed by atoms with Crippen LogP contribution >= 0.6 is 0 Å². The summed E-state index contributed by atoms with van der Waals surface area (Å²) in [5, 5.41) is 0. The molecule has 1 unspecified atom stereocenters. The van der Waals surface area contributed by atoms with Gasteiger partial charge in [0.2, 0.25) is 5.91 Å². The van der Waals surface area contributed by atoms with E-state index in [2.05, 4.69) is 0 Å². The van der Waals surface area contributed by atoms with E-state index in [0.29, 0.717) is 6.42 Å². The van der Waals surface area contributed by atoms with E-state index in [0.717, 1.165) is 0 Å². The zero-order valence-electron chi connectivity index (χ0n) is 9.44. The lowest BCUT2D eigenvalue weighted by Gasteiger charge is -2.27. The van der Waals surface area contributed by atoms with E-state index < -0.39 is 26.9 Å². The normalized spacial score (nSPS) is 27.0. The molecule has 5 nitrogen and oxygen atoms in total. The predicted octanol–water partition coefficient (Wildman–Crippen LogP) is 0.664. The van der Waals surface area contributed by atoms with Gasteiger partial charge in [-0.2, -0.15) is 8.42 Å². The summed E-state index contributed by atoms with van der Waals surface area (Å²) in [4.78, 5) is 13.1. The predicted molar refractivity (Wildman–Crippen MR) is 56.0 cm³/mol. The fourth-order valence-electron chi connectivity index (χ4n) is 2.10. The molecule has 0 spiro atoms. The summed E-state index contributed by atoms with van der Waals surface area (Å²) in [6.07, 6.45) is 0.640. The molecule has 6 heteroatoms. The quantitative estimate of drug-likeness (QED) is 0.574. The van der Waals surface area contributed by atoms with E-state index >= 15 is 0 Å². The van der Waals surface area contributed by atoms with Crippen LogP contribution in [-0.4, -0.2) is 40.6 Å². The Morgan fingerprint density at radius 1 is 1.47 bits per heavy atom. The summed E-state index contributed by atoms with van der Waals surface area (Å²) in [5.74, 6) is -0.486. The number of nitrogens with zero attached hydrogens (tertiary/aromatic N) is 1. The van der Waals surface area contributed by atoms with Crippen LogP contribution in [0.2, 0.25) is 0 Å². The molecule has 1 amide bonds. The maximum absolute atomic E-state index is 11.6. The number of carbonyl (C=O) groups is 1. The van der Waals surface area contributed by atoms with Crippen molar-refractivity contribution in [2.45, 2.75) is 45.2 Å². The van der Waals surface area contributed by atoms with Crippen molar-refractivity contribution in [2.75, 3.05) is 5.75 Å². The van der Waals surface area contributed by atoms with Crippen LogP contribution in [0.5, 0.6) is 0 Å². The van der Waals surface area contributed by atoms with Crippen molar-refractivity contribution in [1.29, 1.82) is 0 Å². The first-order valence-corrected chi connectivity index (χ1v) is 6.45. The first-order chi connectivity index (χ1) is 6.54. The summed E-state index contributed by atoms with van der Waals surface area (Å²) in [5.41, 5.74) is -1.41. The van der Waals surface area contributed by atoms with Crippen molar-refractivity contribution in [2.24, 2.45) is 0 Å². The molecule has 1 aliphatic heterocycles. The SMILES string of the molecule is CCC1(C)C(=O)N1C(C)(C)CS(=O)(=O)O.